The Bertz CT molecular complexity index is 5670. The minimum absolute atomic E-state index is 0.0172. The molecule has 1 saturated heterocycles. The summed E-state index contributed by atoms with van der Waals surface area (Å²) in [5.74, 6) is 2.33. The Hall–Kier alpha value is -13.6. The van der Waals surface area contributed by atoms with Crippen LogP contribution >= 0.6 is 0 Å². The molecule has 0 saturated carbocycles. The molecule has 14 aromatic rings. The highest BCUT2D eigenvalue weighted by Gasteiger charge is 2.36. The first kappa shape index (κ1) is 76.6. The summed E-state index contributed by atoms with van der Waals surface area (Å²) in [4.78, 5) is 82.4. The number of carbonyl (C=O) groups is 4. The van der Waals surface area contributed by atoms with Gasteiger partial charge in [-0.15, -0.1) is 0 Å². The van der Waals surface area contributed by atoms with Gasteiger partial charge >= 0.3 is 5.95 Å². The number of oxazole rings is 3. The lowest BCUT2D eigenvalue weighted by Gasteiger charge is -2.21. The van der Waals surface area contributed by atoms with Gasteiger partial charge in [-0.25, -0.2) is 15.0 Å². The fourth-order valence-electron chi connectivity index (χ4n) is 13.4. The monoisotopic (exact) mass is 1500 g/mol. The molecule has 9 heterocycles. The number of rotatable bonds is 22. The number of H-pyrrole nitrogens is 3. The number of ketones is 1. The first-order valence-corrected chi connectivity index (χ1v) is 36.8. The summed E-state index contributed by atoms with van der Waals surface area (Å²) in [6.07, 6.45) is 16.3. The van der Waals surface area contributed by atoms with E-state index in [0.29, 0.717) is 66.7 Å². The van der Waals surface area contributed by atoms with E-state index < -0.39 is 12.2 Å². The van der Waals surface area contributed by atoms with Gasteiger partial charge in [-0.2, -0.15) is 4.99 Å². The zero-order chi connectivity index (χ0) is 78.0. The zero-order valence-electron chi connectivity index (χ0n) is 62.7. The molecule has 1 fully saturated rings. The van der Waals surface area contributed by atoms with Gasteiger partial charge in [-0.05, 0) is 118 Å². The lowest BCUT2D eigenvalue weighted by molar-refractivity contribution is -0.124. The number of benzene rings is 8. The number of nitrogens with one attached hydrogen (secondary N) is 6. The van der Waals surface area contributed by atoms with Crippen LogP contribution in [0.3, 0.4) is 0 Å². The molecule has 0 spiro atoms. The van der Waals surface area contributed by atoms with E-state index in [4.69, 9.17) is 28.1 Å². The number of allylic oxidation sites excluding steroid dienone is 1. The average molecular weight is 1500 g/mol. The van der Waals surface area contributed by atoms with Crippen molar-refractivity contribution in [2.45, 2.75) is 82.6 Å². The van der Waals surface area contributed by atoms with Crippen molar-refractivity contribution in [3.05, 3.63) is 311 Å². The second-order valence-corrected chi connectivity index (χ2v) is 27.3. The molecular weight excluding hydrogens is 1410 g/mol. The minimum Gasteiger partial charge on any atom is -0.479 e. The van der Waals surface area contributed by atoms with Gasteiger partial charge in [0.2, 0.25) is 24.0 Å². The second-order valence-electron chi connectivity index (χ2n) is 27.3. The third kappa shape index (κ3) is 18.5. The molecule has 5 atom stereocenters. The Morgan fingerprint density at radius 3 is 1.85 bits per heavy atom. The quantitative estimate of drug-likeness (QED) is 0.0245. The van der Waals surface area contributed by atoms with E-state index in [-0.39, 0.29) is 53.3 Å². The molecule has 566 valence electrons. The number of anilines is 1. The van der Waals surface area contributed by atoms with Gasteiger partial charge in [-0.3, -0.25) is 44.7 Å². The number of aliphatic imine (C=N–C) groups is 2. The molecule has 3 aliphatic rings. The van der Waals surface area contributed by atoms with E-state index in [1.165, 1.54) is 17.3 Å². The third-order valence-electron chi connectivity index (χ3n) is 19.4. The van der Waals surface area contributed by atoms with Gasteiger partial charge in [0.1, 0.15) is 5.69 Å². The summed E-state index contributed by atoms with van der Waals surface area (Å²) in [5, 5.41) is 25.5. The topological polar surface area (TPSA) is 312 Å². The maximum absolute atomic E-state index is 12.8. The fraction of sp³-hybridized carbons (Fsp3) is 0.191. The standard InChI is InChI=1S/C21H21N3O3.C21H21N3O.C20H16N2O2.C15H16N2O2.C12H11N3O2/c1-24(2)18(12-15-8-4-3-5-9-15)21-22-13-19(27-21)20(26)16-10-6-7-11-17(16)23-14-25;1-24(2)19(12-15-8-4-3-5-9-15)21-23-14-20(25-21)17-13-22-18-11-7-6-10-16(17)18;23-20-18(12-15-13-21-17-9-5-4-8-16(15)17)22-19(24-20)11-10-14-6-2-1-3-7-14;1-3-13-17-15(18)14(19-13)9(2)11-8-16-12-7-5-4-6-10(11)12;13-12-15-11(16)10(17-12)5-7-6-14-9-4-2-1-3-8(7)9/h3-11,13-14,18H,12H2,1-2H3,(H,23,25);3-11,13-14,19,22H,12H2,1-2H3;1-9,12-13,23H,10-11H2;4-9,14,16H,3H2,1-2H3;1-4,6,10,14H,5H2,(H2,13,15,16)/t;19-;;9-,14+;10-/m.0.10/s1. The lowest BCUT2D eigenvalue weighted by atomic mass is 9.94. The van der Waals surface area contributed by atoms with Crippen LogP contribution in [0.4, 0.5) is 11.4 Å². The molecule has 1 unspecified atom stereocenters. The highest BCUT2D eigenvalue weighted by molar-refractivity contribution is 6.21. The number of hydrogen-bond donors (Lipinski definition) is 7. The normalized spacial score (nSPS) is 15.2. The third-order valence-corrected chi connectivity index (χ3v) is 19.4. The first-order valence-electron chi connectivity index (χ1n) is 36.8. The van der Waals surface area contributed by atoms with E-state index in [9.17, 15) is 24.3 Å². The summed E-state index contributed by atoms with van der Waals surface area (Å²) in [6, 6.07) is 69.3. The molecule has 0 radical (unpaired) electrons. The van der Waals surface area contributed by atoms with Crippen molar-refractivity contribution >= 4 is 97.9 Å². The second kappa shape index (κ2) is 36.0. The lowest BCUT2D eigenvalue weighted by Crippen LogP contribution is -2.25. The van der Waals surface area contributed by atoms with Crippen LogP contribution in [0.1, 0.15) is 111 Å². The predicted molar refractivity (Wildman–Crippen MR) is 435 cm³/mol. The maximum atomic E-state index is 12.8. The van der Waals surface area contributed by atoms with Crippen LogP contribution in [-0.4, -0.2) is 127 Å². The van der Waals surface area contributed by atoms with Crippen LogP contribution in [0.15, 0.2) is 267 Å². The molecular formula is C89H85N13O10. The molecule has 0 aliphatic carbocycles. The largest absolute Gasteiger partial charge is 0.479 e. The van der Waals surface area contributed by atoms with Crippen molar-refractivity contribution in [3.8, 4) is 17.3 Å². The van der Waals surface area contributed by atoms with Gasteiger partial charge in [0, 0.05) is 105 Å². The van der Waals surface area contributed by atoms with Crippen LogP contribution in [0.2, 0.25) is 0 Å². The number of para-hydroxylation sites is 5. The summed E-state index contributed by atoms with van der Waals surface area (Å²) in [6.45, 7) is 3.94. The van der Waals surface area contributed by atoms with Crippen molar-refractivity contribution in [1.82, 2.24) is 45.0 Å². The molecule has 112 heavy (non-hydrogen) atoms. The van der Waals surface area contributed by atoms with Crippen molar-refractivity contribution in [2.24, 2.45) is 9.98 Å². The van der Waals surface area contributed by atoms with E-state index >= 15 is 0 Å². The van der Waals surface area contributed by atoms with Crippen LogP contribution in [0, 0.1) is 5.41 Å². The Labute approximate surface area is 646 Å². The number of amides is 3. The number of aromatic amines is 3. The highest BCUT2D eigenvalue weighted by Crippen LogP contribution is 2.37. The van der Waals surface area contributed by atoms with Crippen LogP contribution < -0.4 is 10.6 Å². The van der Waals surface area contributed by atoms with Crippen molar-refractivity contribution < 1.29 is 47.0 Å². The number of aromatic hydroxyl groups is 1. The number of carbonyl (C=O) groups excluding carboxylic acids is 4. The number of ether oxygens (including phenoxy) is 2. The number of fused-ring (bicyclic) bond motifs is 4. The van der Waals surface area contributed by atoms with Gasteiger partial charge in [0.05, 0.1) is 35.9 Å². The summed E-state index contributed by atoms with van der Waals surface area (Å²) >= 11 is 0. The van der Waals surface area contributed by atoms with E-state index in [0.717, 1.165) is 96.3 Å². The number of likely N-dealkylation sites (N-methyl/N-ethyl adjacent to an activating group) is 2. The molecule has 17 rings (SSSR count). The number of hydrogen-bond acceptors (Lipinski definition) is 17. The summed E-state index contributed by atoms with van der Waals surface area (Å²) in [5.41, 5.74) is 14.1. The smallest absolute Gasteiger partial charge is 0.310 e. The van der Waals surface area contributed by atoms with E-state index in [1.807, 2.05) is 191 Å². The van der Waals surface area contributed by atoms with Crippen molar-refractivity contribution in [3.63, 3.8) is 0 Å². The Morgan fingerprint density at radius 2 is 1.20 bits per heavy atom. The highest BCUT2D eigenvalue weighted by atomic mass is 16.5. The maximum Gasteiger partial charge on any atom is 0.310 e. The minimum atomic E-state index is -0.596. The summed E-state index contributed by atoms with van der Waals surface area (Å²) < 4.78 is 28.1. The molecule has 23 heteroatoms. The van der Waals surface area contributed by atoms with Crippen molar-refractivity contribution in [2.75, 3.05) is 33.5 Å². The SMILES string of the molecule is CCC1=NC(=O)[C@H]([C@H](C)c2c[nH]c3ccccc23)O1.CN(C)C(Cc1ccccc1)c1ncc(C(=O)c2ccccc2NC=O)o1.CN(C)[C@@H](Cc1ccccc1)c1ncc(-c2c[nH]c3ccccc23)o1.N=C1NC(=O)[C@H](Cc2c[nH]c3ccccc23)O1.Oc1oc(CCc2ccccc2)nc1C=C1C=Nc2ccccc21. The van der Waals surface area contributed by atoms with Gasteiger partial charge in [-0.1, -0.05) is 190 Å². The molecule has 3 aliphatic heterocycles. The van der Waals surface area contributed by atoms with Crippen molar-refractivity contribution in [1.29, 1.82) is 5.41 Å². The molecule has 7 N–H and O–H groups in total. The predicted octanol–water partition coefficient (Wildman–Crippen LogP) is 16.6. The van der Waals surface area contributed by atoms with Crippen LogP contribution in [0.5, 0.6) is 5.95 Å². The number of aryl methyl sites for hydroxylation is 2. The Morgan fingerprint density at radius 1 is 0.625 bits per heavy atom. The average Bonchev–Trinajstić information content (AvgIpc) is 1.67. The zero-order valence-corrected chi connectivity index (χ0v) is 62.7. The molecule has 3 amide bonds. The first-order chi connectivity index (χ1) is 54.5. The molecule has 6 aromatic heterocycles. The van der Waals surface area contributed by atoms with Gasteiger partial charge in [0.15, 0.2) is 35.5 Å². The fourth-order valence-corrected chi connectivity index (χ4v) is 13.4. The molecule has 23 nitrogen and oxygen atoms in total. The number of aromatic nitrogens is 6. The Kier molecular flexibility index (Phi) is 24.6. The summed E-state index contributed by atoms with van der Waals surface area (Å²) in [7, 11) is 8.01. The Balaban J connectivity index is 0.000000124. The number of nitrogens with zero attached hydrogens (tertiary/aromatic N) is 7. The van der Waals surface area contributed by atoms with Gasteiger partial charge < -0.3 is 48.1 Å². The number of amidine groups is 1. The van der Waals surface area contributed by atoms with Gasteiger partial charge in [0.25, 0.3) is 17.8 Å². The van der Waals surface area contributed by atoms with Crippen LogP contribution in [-0.2, 0) is 56.0 Å². The molecule has 0 bridgehead atoms. The molecule has 8 aromatic carbocycles. The van der Waals surface area contributed by atoms with Crippen LogP contribution in [0.25, 0.3) is 55.7 Å². The van der Waals surface area contributed by atoms with E-state index in [1.54, 1.807) is 36.6 Å². The van der Waals surface area contributed by atoms with E-state index in [2.05, 4.69) is 124 Å².